The van der Waals surface area contributed by atoms with Gasteiger partial charge in [0.05, 0.1) is 18.5 Å². The monoisotopic (exact) mass is 317 g/mol. The fourth-order valence-corrected chi connectivity index (χ4v) is 2.11. The molecular weight excluding hydrogens is 306 g/mol. The molecule has 2 heterocycles. The molecule has 24 heavy (non-hydrogen) atoms. The quantitative estimate of drug-likeness (QED) is 0.583. The molecule has 8 heteroatoms. The van der Waals surface area contributed by atoms with E-state index in [0.717, 1.165) is 11.3 Å². The number of anilines is 1. The average molecular weight is 317 g/mol. The highest BCUT2D eigenvalue weighted by Crippen LogP contribution is 2.30. The van der Waals surface area contributed by atoms with Crippen LogP contribution in [0.25, 0.3) is 17.0 Å². The molecule has 1 N–H and O–H groups in total. The Hall–Kier alpha value is -3.91. The van der Waals surface area contributed by atoms with Gasteiger partial charge in [0, 0.05) is 24.2 Å². The van der Waals surface area contributed by atoms with Crippen LogP contribution in [0.4, 0.5) is 5.69 Å². The van der Waals surface area contributed by atoms with Gasteiger partial charge in [-0.3, -0.25) is 9.83 Å². The molecule has 0 unspecified atom stereocenters. The molecule has 0 bridgehead atoms. The van der Waals surface area contributed by atoms with Gasteiger partial charge in [0.2, 0.25) is 11.5 Å². The van der Waals surface area contributed by atoms with Crippen molar-refractivity contribution in [1.29, 1.82) is 10.5 Å². The minimum atomic E-state index is -0.278. The van der Waals surface area contributed by atoms with Crippen molar-refractivity contribution in [2.45, 2.75) is 0 Å². The van der Waals surface area contributed by atoms with Crippen molar-refractivity contribution < 1.29 is 4.74 Å². The zero-order chi connectivity index (χ0) is 16.9. The number of nitriles is 2. The van der Waals surface area contributed by atoms with E-state index in [1.807, 2.05) is 28.9 Å². The molecule has 116 valence electrons. The normalized spacial score (nSPS) is 9.79. The summed E-state index contributed by atoms with van der Waals surface area (Å²) in [6.07, 6.45) is 5.39. The largest absolute Gasteiger partial charge is 0.495 e. The molecule has 3 aromatic rings. The van der Waals surface area contributed by atoms with E-state index in [0.29, 0.717) is 17.2 Å². The first-order valence-corrected chi connectivity index (χ1v) is 6.87. The molecule has 0 aliphatic carbocycles. The van der Waals surface area contributed by atoms with Crippen LogP contribution in [0, 0.1) is 22.7 Å². The SMILES string of the molecule is COc1ccc(-c2cn3cccnc3n2)cc1NN=C(C#N)C#N. The van der Waals surface area contributed by atoms with Crippen molar-refractivity contribution in [3.63, 3.8) is 0 Å². The first-order valence-electron chi connectivity index (χ1n) is 6.87. The standard InChI is InChI=1S/C16H11N7O/c1-24-15-4-3-11(7-13(15)22-21-12(8-17)9-18)14-10-23-6-2-5-19-16(23)20-14/h2-7,10,22H,1H3. The van der Waals surface area contributed by atoms with Crippen molar-refractivity contribution in [1.82, 2.24) is 14.4 Å². The minimum Gasteiger partial charge on any atom is -0.495 e. The van der Waals surface area contributed by atoms with Crippen LogP contribution in [0.15, 0.2) is 48.0 Å². The Morgan fingerprint density at radius 2 is 2.17 bits per heavy atom. The summed E-state index contributed by atoms with van der Waals surface area (Å²) in [5.74, 6) is 1.12. The second-order valence-electron chi connectivity index (χ2n) is 4.66. The number of hydrazone groups is 1. The molecule has 0 atom stereocenters. The van der Waals surface area contributed by atoms with Crippen molar-refractivity contribution >= 4 is 17.2 Å². The van der Waals surface area contributed by atoms with Crippen LogP contribution in [-0.2, 0) is 0 Å². The van der Waals surface area contributed by atoms with Gasteiger partial charge in [0.25, 0.3) is 0 Å². The van der Waals surface area contributed by atoms with Crippen molar-refractivity contribution in [3.8, 4) is 29.1 Å². The van der Waals surface area contributed by atoms with Gasteiger partial charge in [-0.25, -0.2) is 9.97 Å². The lowest BCUT2D eigenvalue weighted by molar-refractivity contribution is 0.416. The maximum absolute atomic E-state index is 8.75. The molecule has 0 amide bonds. The van der Waals surface area contributed by atoms with Gasteiger partial charge < -0.3 is 4.74 Å². The lowest BCUT2D eigenvalue weighted by Gasteiger charge is -2.09. The highest BCUT2D eigenvalue weighted by atomic mass is 16.5. The second-order valence-corrected chi connectivity index (χ2v) is 4.66. The molecule has 0 radical (unpaired) electrons. The van der Waals surface area contributed by atoms with Gasteiger partial charge in [0.1, 0.15) is 17.9 Å². The highest BCUT2D eigenvalue weighted by molar-refractivity contribution is 6.10. The number of benzene rings is 1. The number of rotatable bonds is 4. The second kappa shape index (κ2) is 6.46. The van der Waals surface area contributed by atoms with E-state index in [1.165, 1.54) is 7.11 Å². The molecule has 0 saturated carbocycles. The summed E-state index contributed by atoms with van der Waals surface area (Å²) in [5.41, 5.74) is 4.46. The topological polar surface area (TPSA) is 111 Å². The van der Waals surface area contributed by atoms with Gasteiger partial charge in [-0.2, -0.15) is 15.6 Å². The Balaban J connectivity index is 2.01. The summed E-state index contributed by atoms with van der Waals surface area (Å²) in [6.45, 7) is 0. The number of imidazole rings is 1. The van der Waals surface area contributed by atoms with Crippen molar-refractivity contribution in [3.05, 3.63) is 42.9 Å². The fraction of sp³-hybridized carbons (Fsp3) is 0.0625. The molecule has 8 nitrogen and oxygen atoms in total. The first-order chi connectivity index (χ1) is 11.7. The van der Waals surface area contributed by atoms with E-state index < -0.39 is 0 Å². The number of nitrogens with zero attached hydrogens (tertiary/aromatic N) is 6. The summed E-state index contributed by atoms with van der Waals surface area (Å²) >= 11 is 0. The van der Waals surface area contributed by atoms with E-state index in [1.54, 1.807) is 30.5 Å². The van der Waals surface area contributed by atoms with Crippen LogP contribution in [0.5, 0.6) is 5.75 Å². The Morgan fingerprint density at radius 1 is 1.33 bits per heavy atom. The smallest absolute Gasteiger partial charge is 0.237 e. The third kappa shape index (κ3) is 2.85. The summed E-state index contributed by atoms with van der Waals surface area (Å²) in [4.78, 5) is 8.63. The number of nitrogens with one attached hydrogen (secondary N) is 1. The van der Waals surface area contributed by atoms with E-state index >= 15 is 0 Å². The lowest BCUT2D eigenvalue weighted by atomic mass is 10.1. The van der Waals surface area contributed by atoms with E-state index in [9.17, 15) is 0 Å². The molecule has 0 spiro atoms. The maximum Gasteiger partial charge on any atom is 0.237 e. The zero-order valence-electron chi connectivity index (χ0n) is 12.6. The van der Waals surface area contributed by atoms with Crippen LogP contribution in [-0.4, -0.2) is 27.2 Å². The van der Waals surface area contributed by atoms with Crippen LogP contribution < -0.4 is 10.2 Å². The molecular formula is C16H11N7O. The number of fused-ring (bicyclic) bond motifs is 1. The number of ether oxygens (including phenoxy) is 1. The third-order valence-electron chi connectivity index (χ3n) is 3.23. The Labute approximate surface area is 137 Å². The Bertz CT molecular complexity index is 958. The molecule has 0 saturated heterocycles. The van der Waals surface area contributed by atoms with Gasteiger partial charge >= 0.3 is 0 Å². The number of methoxy groups -OCH3 is 1. The predicted molar refractivity (Wildman–Crippen MR) is 87.3 cm³/mol. The van der Waals surface area contributed by atoms with Crippen molar-refractivity contribution in [2.75, 3.05) is 12.5 Å². The molecule has 0 aliphatic heterocycles. The first kappa shape index (κ1) is 15.0. The van der Waals surface area contributed by atoms with E-state index in [4.69, 9.17) is 15.3 Å². The van der Waals surface area contributed by atoms with Gasteiger partial charge in [-0.1, -0.05) is 0 Å². The van der Waals surface area contributed by atoms with Gasteiger partial charge in [-0.05, 0) is 24.3 Å². The van der Waals surface area contributed by atoms with Gasteiger partial charge in [0.15, 0.2) is 0 Å². The van der Waals surface area contributed by atoms with E-state index in [-0.39, 0.29) is 5.71 Å². The van der Waals surface area contributed by atoms with Crippen LogP contribution in [0.2, 0.25) is 0 Å². The highest BCUT2D eigenvalue weighted by Gasteiger charge is 2.09. The number of aromatic nitrogens is 3. The third-order valence-corrected chi connectivity index (χ3v) is 3.23. The average Bonchev–Trinajstić information content (AvgIpc) is 3.06. The van der Waals surface area contributed by atoms with E-state index in [2.05, 4.69) is 20.5 Å². The lowest BCUT2D eigenvalue weighted by Crippen LogP contribution is -1.99. The zero-order valence-corrected chi connectivity index (χ0v) is 12.6. The summed E-state index contributed by atoms with van der Waals surface area (Å²) in [7, 11) is 1.52. The number of hydrogen-bond acceptors (Lipinski definition) is 7. The van der Waals surface area contributed by atoms with Crippen LogP contribution in [0.3, 0.4) is 0 Å². The summed E-state index contributed by atoms with van der Waals surface area (Å²) < 4.78 is 7.07. The summed E-state index contributed by atoms with van der Waals surface area (Å²) in [6, 6.07) is 10.6. The Kier molecular flexibility index (Phi) is 4.04. The maximum atomic E-state index is 8.75. The Morgan fingerprint density at radius 3 is 2.88 bits per heavy atom. The van der Waals surface area contributed by atoms with Crippen LogP contribution in [0.1, 0.15) is 0 Å². The molecule has 1 aromatic carbocycles. The molecule has 3 rings (SSSR count). The molecule has 0 aliphatic rings. The molecule has 2 aromatic heterocycles. The molecule has 0 fully saturated rings. The fourth-order valence-electron chi connectivity index (χ4n) is 2.11. The predicted octanol–water partition coefficient (Wildman–Crippen LogP) is 2.22. The van der Waals surface area contributed by atoms with Crippen molar-refractivity contribution in [2.24, 2.45) is 5.10 Å². The summed E-state index contributed by atoms with van der Waals surface area (Å²) in [5, 5.41) is 21.2. The number of hydrogen-bond donors (Lipinski definition) is 1. The van der Waals surface area contributed by atoms with Crippen LogP contribution >= 0.6 is 0 Å². The van der Waals surface area contributed by atoms with Gasteiger partial charge in [-0.15, -0.1) is 0 Å². The minimum absolute atomic E-state index is 0.278.